The monoisotopic (exact) mass is 470 g/mol. The van der Waals surface area contributed by atoms with Crippen molar-refractivity contribution in [1.29, 1.82) is 5.26 Å². The molecule has 1 N–H and O–H groups in total. The third-order valence-corrected chi connectivity index (χ3v) is 6.87. The summed E-state index contributed by atoms with van der Waals surface area (Å²) in [7, 11) is 2.81. The maximum absolute atomic E-state index is 12.4. The number of fused-ring (bicyclic) bond motifs is 2. The van der Waals surface area contributed by atoms with Gasteiger partial charge in [-0.25, -0.2) is 9.78 Å². The Labute approximate surface area is 191 Å². The number of nitriles is 1. The Kier molecular flexibility index (Phi) is 6.15. The Balaban J connectivity index is 1.42. The van der Waals surface area contributed by atoms with E-state index in [-0.39, 0.29) is 17.7 Å². The molecule has 1 amide bonds. The fourth-order valence-electron chi connectivity index (χ4n) is 3.96. The summed E-state index contributed by atoms with van der Waals surface area (Å²) in [5.41, 5.74) is 0.616. The van der Waals surface area contributed by atoms with Crippen molar-refractivity contribution >= 4 is 39.4 Å². The number of imidazole rings is 1. The van der Waals surface area contributed by atoms with Crippen LogP contribution in [0.15, 0.2) is 15.9 Å². The SMILES string of the molecule is Cn1c(=O)c2c(ncn2CC(=O)OCC(=O)Nc2sc3c(c2C#N)CCCCC3)n(C)c1=O. The largest absolute Gasteiger partial charge is 0.454 e. The Morgan fingerprint density at radius 2 is 1.97 bits per heavy atom. The average molecular weight is 471 g/mol. The van der Waals surface area contributed by atoms with Crippen LogP contribution in [0, 0.1) is 11.3 Å². The number of aryl methyl sites for hydroxylation is 2. The summed E-state index contributed by atoms with van der Waals surface area (Å²) in [5, 5.41) is 12.7. The van der Waals surface area contributed by atoms with Gasteiger partial charge in [0.2, 0.25) is 0 Å². The highest BCUT2D eigenvalue weighted by molar-refractivity contribution is 7.16. The first-order chi connectivity index (χ1) is 15.8. The molecule has 0 spiro atoms. The second-order valence-electron chi connectivity index (χ2n) is 7.84. The smallest absolute Gasteiger partial charge is 0.332 e. The number of rotatable bonds is 5. The van der Waals surface area contributed by atoms with Crippen molar-refractivity contribution in [3.8, 4) is 6.07 Å². The zero-order chi connectivity index (χ0) is 23.7. The molecule has 0 aromatic carbocycles. The second-order valence-corrected chi connectivity index (χ2v) is 8.94. The summed E-state index contributed by atoms with van der Waals surface area (Å²) in [6.45, 7) is -0.886. The van der Waals surface area contributed by atoms with Gasteiger partial charge in [0.1, 0.15) is 17.6 Å². The number of ether oxygens (including phenoxy) is 1. The van der Waals surface area contributed by atoms with Gasteiger partial charge in [-0.2, -0.15) is 5.26 Å². The van der Waals surface area contributed by atoms with Gasteiger partial charge in [0.25, 0.3) is 11.5 Å². The van der Waals surface area contributed by atoms with Gasteiger partial charge in [-0.15, -0.1) is 11.3 Å². The molecule has 12 heteroatoms. The van der Waals surface area contributed by atoms with E-state index in [1.54, 1.807) is 0 Å². The first-order valence-corrected chi connectivity index (χ1v) is 11.2. The molecule has 4 rings (SSSR count). The number of aromatic nitrogens is 4. The van der Waals surface area contributed by atoms with E-state index in [0.29, 0.717) is 10.6 Å². The minimum absolute atomic E-state index is 0.0831. The molecule has 0 bridgehead atoms. The number of amides is 1. The minimum Gasteiger partial charge on any atom is -0.454 e. The molecule has 3 aromatic rings. The second kappa shape index (κ2) is 9.03. The lowest BCUT2D eigenvalue weighted by molar-refractivity contribution is -0.147. The molecule has 0 unspecified atom stereocenters. The van der Waals surface area contributed by atoms with Crippen LogP contribution in [0.2, 0.25) is 0 Å². The van der Waals surface area contributed by atoms with Gasteiger partial charge in [-0.3, -0.25) is 23.5 Å². The first kappa shape index (κ1) is 22.5. The van der Waals surface area contributed by atoms with Gasteiger partial charge < -0.3 is 14.6 Å². The van der Waals surface area contributed by atoms with Gasteiger partial charge in [-0.05, 0) is 31.2 Å². The lowest BCUT2D eigenvalue weighted by Gasteiger charge is -2.08. The topological polar surface area (TPSA) is 141 Å². The van der Waals surface area contributed by atoms with E-state index in [1.165, 1.54) is 40.9 Å². The van der Waals surface area contributed by atoms with Crippen LogP contribution in [0.5, 0.6) is 0 Å². The van der Waals surface area contributed by atoms with Crippen LogP contribution in [0.25, 0.3) is 11.2 Å². The third-order valence-electron chi connectivity index (χ3n) is 5.67. The number of anilines is 1. The third kappa shape index (κ3) is 4.19. The summed E-state index contributed by atoms with van der Waals surface area (Å²) >= 11 is 1.40. The summed E-state index contributed by atoms with van der Waals surface area (Å²) < 4.78 is 8.48. The van der Waals surface area contributed by atoms with E-state index < -0.39 is 29.7 Å². The zero-order valence-corrected chi connectivity index (χ0v) is 19.0. The van der Waals surface area contributed by atoms with Crippen LogP contribution in [0.1, 0.15) is 35.3 Å². The highest BCUT2D eigenvalue weighted by Crippen LogP contribution is 2.36. The molecule has 0 saturated heterocycles. The van der Waals surface area contributed by atoms with E-state index in [0.717, 1.165) is 47.1 Å². The molecular weight excluding hydrogens is 448 g/mol. The standard InChI is InChI=1S/C21H22N6O5S/c1-25-18-17(20(30)26(2)21(25)31)27(11-23-18)9-16(29)32-10-15(28)24-19-13(8-22)12-6-4-3-5-7-14(12)33-19/h11H,3-7,9-10H2,1-2H3,(H,24,28). The van der Waals surface area contributed by atoms with E-state index >= 15 is 0 Å². The molecular formula is C21H22N6O5S. The summed E-state index contributed by atoms with van der Waals surface area (Å²) in [6.07, 6.45) is 6.18. The summed E-state index contributed by atoms with van der Waals surface area (Å²) in [5.74, 6) is -1.30. The van der Waals surface area contributed by atoms with E-state index in [1.807, 2.05) is 0 Å². The molecule has 1 aliphatic rings. The van der Waals surface area contributed by atoms with E-state index in [9.17, 15) is 24.4 Å². The summed E-state index contributed by atoms with van der Waals surface area (Å²) in [4.78, 5) is 54.3. The van der Waals surface area contributed by atoms with E-state index in [2.05, 4.69) is 16.4 Å². The Morgan fingerprint density at radius 1 is 1.21 bits per heavy atom. The number of hydrogen-bond acceptors (Lipinski definition) is 8. The first-order valence-electron chi connectivity index (χ1n) is 10.4. The molecule has 0 atom stereocenters. The van der Waals surface area contributed by atoms with Crippen molar-refractivity contribution in [3.05, 3.63) is 43.2 Å². The number of thiophene rings is 1. The van der Waals surface area contributed by atoms with Crippen LogP contribution in [-0.4, -0.2) is 37.2 Å². The predicted octanol–water partition coefficient (Wildman–Crippen LogP) is 0.818. The van der Waals surface area contributed by atoms with Crippen molar-refractivity contribution < 1.29 is 14.3 Å². The number of carbonyl (C=O) groups excluding carboxylic acids is 2. The van der Waals surface area contributed by atoms with Crippen LogP contribution in [0.4, 0.5) is 5.00 Å². The number of carbonyl (C=O) groups is 2. The number of esters is 1. The molecule has 1 aliphatic carbocycles. The predicted molar refractivity (Wildman–Crippen MR) is 120 cm³/mol. The van der Waals surface area contributed by atoms with Crippen molar-refractivity contribution in [2.75, 3.05) is 11.9 Å². The Hall–Kier alpha value is -3.72. The van der Waals surface area contributed by atoms with Crippen LogP contribution in [-0.2, 0) is 47.8 Å². The van der Waals surface area contributed by atoms with Crippen LogP contribution >= 0.6 is 11.3 Å². The average Bonchev–Trinajstić information content (AvgIpc) is 3.27. The van der Waals surface area contributed by atoms with Gasteiger partial charge in [0.15, 0.2) is 17.8 Å². The zero-order valence-electron chi connectivity index (χ0n) is 18.2. The van der Waals surface area contributed by atoms with E-state index in [4.69, 9.17) is 4.74 Å². The maximum atomic E-state index is 12.4. The molecule has 3 heterocycles. The fourth-order valence-corrected chi connectivity index (χ4v) is 5.22. The molecule has 33 heavy (non-hydrogen) atoms. The highest BCUT2D eigenvalue weighted by atomic mass is 32.1. The number of hydrogen-bond donors (Lipinski definition) is 1. The van der Waals surface area contributed by atoms with Gasteiger partial charge in [0, 0.05) is 19.0 Å². The molecule has 0 saturated carbocycles. The van der Waals surface area contributed by atoms with Gasteiger partial charge in [-0.1, -0.05) is 6.42 Å². The van der Waals surface area contributed by atoms with Gasteiger partial charge in [0.05, 0.1) is 11.9 Å². The fraction of sp³-hybridized carbons (Fsp3) is 0.429. The normalized spacial score (nSPS) is 13.2. The molecule has 11 nitrogen and oxygen atoms in total. The minimum atomic E-state index is -0.747. The lowest BCUT2D eigenvalue weighted by Crippen LogP contribution is -2.37. The van der Waals surface area contributed by atoms with Crippen LogP contribution < -0.4 is 16.6 Å². The number of nitrogens with zero attached hydrogens (tertiary/aromatic N) is 5. The van der Waals surface area contributed by atoms with Crippen molar-refractivity contribution in [2.45, 2.75) is 38.6 Å². The lowest BCUT2D eigenvalue weighted by atomic mass is 10.1. The molecule has 0 radical (unpaired) electrons. The quantitative estimate of drug-likeness (QED) is 0.430. The summed E-state index contributed by atoms with van der Waals surface area (Å²) in [6, 6.07) is 2.19. The Morgan fingerprint density at radius 3 is 2.73 bits per heavy atom. The van der Waals surface area contributed by atoms with Crippen molar-refractivity contribution in [1.82, 2.24) is 18.7 Å². The van der Waals surface area contributed by atoms with Crippen molar-refractivity contribution in [3.63, 3.8) is 0 Å². The molecule has 172 valence electrons. The molecule has 0 fully saturated rings. The van der Waals surface area contributed by atoms with Crippen LogP contribution in [0.3, 0.4) is 0 Å². The molecule has 3 aromatic heterocycles. The van der Waals surface area contributed by atoms with Crippen molar-refractivity contribution in [2.24, 2.45) is 14.1 Å². The highest BCUT2D eigenvalue weighted by Gasteiger charge is 2.22. The number of nitrogens with one attached hydrogen (secondary N) is 1. The molecule has 0 aliphatic heterocycles. The van der Waals surface area contributed by atoms with Gasteiger partial charge >= 0.3 is 11.7 Å². The Bertz CT molecular complexity index is 1420. The maximum Gasteiger partial charge on any atom is 0.332 e.